The van der Waals surface area contributed by atoms with E-state index in [1.165, 1.54) is 0 Å². The molecule has 0 aromatic heterocycles. The molecule has 2 aliphatic carbocycles. The van der Waals surface area contributed by atoms with Gasteiger partial charge in [0.05, 0.1) is 0 Å². The van der Waals surface area contributed by atoms with Crippen molar-refractivity contribution in [3.63, 3.8) is 0 Å². The Balaban J connectivity index is 1.49. The van der Waals surface area contributed by atoms with Crippen LogP contribution >= 0.6 is 0 Å². The van der Waals surface area contributed by atoms with Crippen LogP contribution in [0.2, 0.25) is 0 Å². The molecule has 5 nitrogen and oxygen atoms in total. The van der Waals surface area contributed by atoms with Gasteiger partial charge in [0, 0.05) is 17.4 Å². The van der Waals surface area contributed by atoms with Crippen molar-refractivity contribution in [2.45, 2.75) is 17.9 Å². The number of allylic oxidation sites excluding steroid dienone is 1. The summed E-state index contributed by atoms with van der Waals surface area (Å²) in [5, 5.41) is 0. The molecule has 1 spiro atoms. The Morgan fingerprint density at radius 3 is 2.74 bits per heavy atom. The topological polar surface area (TPSA) is 57.1 Å². The fraction of sp³-hybridized carbons (Fsp3) is 0.273. The number of carbonyl (C=O) groups is 1. The third-order valence-electron chi connectivity index (χ3n) is 6.16. The van der Waals surface area contributed by atoms with E-state index in [2.05, 4.69) is 12.2 Å². The summed E-state index contributed by atoms with van der Waals surface area (Å²) < 4.78 is 16.7. The molecule has 2 heterocycles. The van der Waals surface area contributed by atoms with Crippen molar-refractivity contribution < 1.29 is 19.0 Å². The lowest BCUT2D eigenvalue weighted by atomic mass is 9.73. The normalized spacial score (nSPS) is 32.2. The zero-order chi connectivity index (χ0) is 18.0. The van der Waals surface area contributed by atoms with Crippen molar-refractivity contribution in [3.05, 3.63) is 71.8 Å². The third kappa shape index (κ3) is 1.94. The molecule has 5 heteroatoms. The summed E-state index contributed by atoms with van der Waals surface area (Å²) in [7, 11) is 0. The van der Waals surface area contributed by atoms with Crippen molar-refractivity contribution in [3.8, 4) is 11.5 Å². The van der Waals surface area contributed by atoms with Crippen molar-refractivity contribution in [2.75, 3.05) is 6.79 Å². The number of carbonyl (C=O) groups excluding carboxylic acids is 1. The number of benzene rings is 2. The number of ether oxygens (including phenoxy) is 3. The van der Waals surface area contributed by atoms with Crippen LogP contribution in [0.15, 0.2) is 65.7 Å². The minimum absolute atomic E-state index is 0.0595. The summed E-state index contributed by atoms with van der Waals surface area (Å²) in [6.07, 6.45) is 5.26. The fourth-order valence-corrected chi connectivity index (χ4v) is 5.01. The molecule has 4 aliphatic rings. The van der Waals surface area contributed by atoms with Crippen LogP contribution in [0, 0.1) is 11.8 Å². The monoisotopic (exact) mass is 359 g/mol. The highest BCUT2D eigenvalue weighted by Gasteiger charge is 2.65. The predicted octanol–water partition coefficient (Wildman–Crippen LogP) is 3.45. The van der Waals surface area contributed by atoms with Gasteiger partial charge in [0.1, 0.15) is 0 Å². The molecule has 0 amide bonds. The quantitative estimate of drug-likeness (QED) is 0.609. The van der Waals surface area contributed by atoms with Gasteiger partial charge in [0.15, 0.2) is 17.0 Å². The SMILES string of the molecule is O=C1OC(c2ccccc2)=N[C@]12[C@@H]1C=C[C@@H](C1)[C@H]2c1ccc2c(c1)OCO2. The van der Waals surface area contributed by atoms with Crippen molar-refractivity contribution >= 4 is 11.9 Å². The first kappa shape index (κ1) is 15.0. The zero-order valence-electron chi connectivity index (χ0n) is 14.5. The van der Waals surface area contributed by atoms with Gasteiger partial charge in [-0.2, -0.15) is 0 Å². The average Bonchev–Trinajstić information content (AvgIpc) is 3.46. The maximum atomic E-state index is 13.2. The Labute approximate surface area is 156 Å². The smallest absolute Gasteiger partial charge is 0.342 e. The minimum atomic E-state index is -0.891. The molecule has 27 heavy (non-hydrogen) atoms. The molecule has 134 valence electrons. The standard InChI is InChI=1S/C22H17NO4/c24-21-22(23-20(27-21)13-4-2-1-3-5-13)16-8-6-14(10-16)19(22)15-7-9-17-18(11-15)26-12-25-17/h1-9,11,14,16,19H,10,12H2/t14-,16+,19-,22-/m0/s1. The van der Waals surface area contributed by atoms with Crippen LogP contribution in [-0.4, -0.2) is 24.2 Å². The van der Waals surface area contributed by atoms with Gasteiger partial charge in [0.25, 0.3) is 0 Å². The van der Waals surface area contributed by atoms with E-state index in [9.17, 15) is 4.79 Å². The van der Waals surface area contributed by atoms with E-state index < -0.39 is 5.54 Å². The summed E-state index contributed by atoms with van der Waals surface area (Å²) in [6, 6.07) is 15.6. The largest absolute Gasteiger partial charge is 0.454 e. The maximum absolute atomic E-state index is 13.2. The first-order valence-electron chi connectivity index (χ1n) is 9.21. The number of aliphatic imine (C=N–C) groups is 1. The maximum Gasteiger partial charge on any atom is 0.342 e. The Morgan fingerprint density at radius 1 is 1.00 bits per heavy atom. The van der Waals surface area contributed by atoms with Gasteiger partial charge in [-0.25, -0.2) is 9.79 Å². The summed E-state index contributed by atoms with van der Waals surface area (Å²) in [4.78, 5) is 18.1. The molecular weight excluding hydrogens is 342 g/mol. The van der Waals surface area contributed by atoms with Crippen molar-refractivity contribution in [2.24, 2.45) is 16.8 Å². The highest BCUT2D eigenvalue weighted by molar-refractivity contribution is 6.09. The van der Waals surface area contributed by atoms with E-state index in [1.807, 2.05) is 48.5 Å². The molecule has 1 saturated carbocycles. The number of esters is 1. The Morgan fingerprint density at radius 2 is 1.85 bits per heavy atom. The second kappa shape index (κ2) is 5.22. The lowest BCUT2D eigenvalue weighted by Gasteiger charge is -2.32. The van der Waals surface area contributed by atoms with Crippen LogP contribution in [0.1, 0.15) is 23.5 Å². The first-order chi connectivity index (χ1) is 13.3. The fourth-order valence-electron chi connectivity index (χ4n) is 5.01. The van der Waals surface area contributed by atoms with Crippen LogP contribution in [-0.2, 0) is 9.53 Å². The molecule has 2 bridgehead atoms. The number of hydrogen-bond donors (Lipinski definition) is 0. The Kier molecular flexibility index (Phi) is 2.91. The van der Waals surface area contributed by atoms with Gasteiger partial charge in [-0.15, -0.1) is 0 Å². The second-order valence-electron chi connectivity index (χ2n) is 7.48. The molecule has 4 atom stereocenters. The van der Waals surface area contributed by atoms with Crippen molar-refractivity contribution in [1.82, 2.24) is 0 Å². The van der Waals surface area contributed by atoms with Crippen LogP contribution in [0.25, 0.3) is 0 Å². The second-order valence-corrected chi connectivity index (χ2v) is 7.48. The number of rotatable bonds is 2. The van der Waals surface area contributed by atoms with E-state index in [-0.39, 0.29) is 30.5 Å². The van der Waals surface area contributed by atoms with Crippen molar-refractivity contribution in [1.29, 1.82) is 0 Å². The molecule has 6 rings (SSSR count). The molecule has 0 saturated heterocycles. The summed E-state index contributed by atoms with van der Waals surface area (Å²) in [6.45, 7) is 0.235. The highest BCUT2D eigenvalue weighted by Crippen LogP contribution is 2.60. The van der Waals surface area contributed by atoms with Crippen LogP contribution in [0.4, 0.5) is 0 Å². The van der Waals surface area contributed by atoms with E-state index in [0.717, 1.165) is 29.0 Å². The van der Waals surface area contributed by atoms with Gasteiger partial charge in [-0.1, -0.05) is 36.4 Å². The lowest BCUT2D eigenvalue weighted by Crippen LogP contribution is -2.44. The zero-order valence-corrected chi connectivity index (χ0v) is 14.5. The molecular formula is C22H17NO4. The minimum Gasteiger partial charge on any atom is -0.454 e. The summed E-state index contributed by atoms with van der Waals surface area (Å²) in [5.41, 5.74) is 0.989. The summed E-state index contributed by atoms with van der Waals surface area (Å²) in [5.74, 6) is 1.92. The van der Waals surface area contributed by atoms with Gasteiger partial charge < -0.3 is 14.2 Å². The molecule has 0 radical (unpaired) electrons. The van der Waals surface area contributed by atoms with Gasteiger partial charge in [-0.05, 0) is 42.2 Å². The third-order valence-corrected chi connectivity index (χ3v) is 6.16. The van der Waals surface area contributed by atoms with E-state index in [4.69, 9.17) is 19.2 Å². The number of fused-ring (bicyclic) bond motifs is 4. The van der Waals surface area contributed by atoms with E-state index in [0.29, 0.717) is 5.90 Å². The molecule has 2 aromatic carbocycles. The molecule has 2 aliphatic heterocycles. The first-order valence-corrected chi connectivity index (χ1v) is 9.21. The Hall–Kier alpha value is -3.08. The van der Waals surface area contributed by atoms with Gasteiger partial charge >= 0.3 is 5.97 Å². The summed E-state index contributed by atoms with van der Waals surface area (Å²) >= 11 is 0. The van der Waals surface area contributed by atoms with Crippen LogP contribution in [0.3, 0.4) is 0 Å². The Bertz CT molecular complexity index is 1010. The lowest BCUT2D eigenvalue weighted by molar-refractivity contribution is -0.140. The highest BCUT2D eigenvalue weighted by atomic mass is 16.7. The molecule has 2 aromatic rings. The van der Waals surface area contributed by atoms with Gasteiger partial charge in [-0.3, -0.25) is 0 Å². The number of hydrogen-bond acceptors (Lipinski definition) is 5. The predicted molar refractivity (Wildman–Crippen MR) is 97.8 cm³/mol. The van der Waals surface area contributed by atoms with Gasteiger partial charge in [0.2, 0.25) is 12.7 Å². The number of nitrogens with zero attached hydrogens (tertiary/aromatic N) is 1. The molecule has 0 N–H and O–H groups in total. The van der Waals surface area contributed by atoms with E-state index >= 15 is 0 Å². The van der Waals surface area contributed by atoms with Crippen LogP contribution < -0.4 is 9.47 Å². The van der Waals surface area contributed by atoms with E-state index in [1.54, 1.807) is 0 Å². The molecule has 1 fully saturated rings. The number of cyclic esters (lactones) is 1. The molecule has 0 unspecified atom stereocenters. The average molecular weight is 359 g/mol. The van der Waals surface area contributed by atoms with Crippen LogP contribution in [0.5, 0.6) is 11.5 Å².